The van der Waals surface area contributed by atoms with Gasteiger partial charge in [-0.1, -0.05) is 20.8 Å². The molecule has 0 saturated carbocycles. The van der Waals surface area contributed by atoms with Gasteiger partial charge >= 0.3 is 0 Å². The third-order valence-corrected chi connectivity index (χ3v) is 5.50. The number of nitrogens with zero attached hydrogens (tertiary/aromatic N) is 3. The molecule has 0 saturated heterocycles. The van der Waals surface area contributed by atoms with Gasteiger partial charge in [0.05, 0.1) is 18.1 Å². The number of carbonyl (C=O) groups excluding carboxylic acids is 1. The van der Waals surface area contributed by atoms with Crippen LogP contribution in [0.1, 0.15) is 43.9 Å². The second-order valence-corrected chi connectivity index (χ2v) is 9.45. The lowest BCUT2D eigenvalue weighted by Crippen LogP contribution is -2.23. The maximum atomic E-state index is 13.4. The van der Waals surface area contributed by atoms with Crippen molar-refractivity contribution in [2.45, 2.75) is 33.1 Å². The van der Waals surface area contributed by atoms with Crippen LogP contribution in [0.3, 0.4) is 0 Å². The van der Waals surface area contributed by atoms with Crippen molar-refractivity contribution in [1.82, 2.24) is 20.1 Å². The fourth-order valence-electron chi connectivity index (χ4n) is 3.52. The Labute approximate surface area is 215 Å². The van der Waals surface area contributed by atoms with Crippen LogP contribution in [-0.2, 0) is 5.41 Å². The predicted octanol–water partition coefficient (Wildman–Crippen LogP) is 5.73. The van der Waals surface area contributed by atoms with Crippen molar-refractivity contribution in [3.8, 4) is 17.2 Å². The van der Waals surface area contributed by atoms with Crippen LogP contribution in [0.15, 0.2) is 72.9 Å². The molecule has 0 unspecified atom stereocenters. The Bertz CT molecular complexity index is 1340. The monoisotopic (exact) mass is 502 g/mol. The summed E-state index contributed by atoms with van der Waals surface area (Å²) >= 11 is 0. The van der Waals surface area contributed by atoms with E-state index in [1.165, 1.54) is 12.1 Å². The minimum absolute atomic E-state index is 0.139. The quantitative estimate of drug-likeness (QED) is 0.253. The van der Waals surface area contributed by atoms with Crippen LogP contribution < -0.4 is 20.7 Å². The molecule has 2 heterocycles. The van der Waals surface area contributed by atoms with Gasteiger partial charge in [-0.05, 0) is 61.5 Å². The maximum absolute atomic E-state index is 13.4. The molecule has 3 N–H and O–H groups in total. The standard InChI is InChI=1S/C28H31FN6O2/c1-5-30-27(36)24-16-23(14-15-31-24)37-22-12-8-20(9-13-22)32-18-33-26-17-25(28(2,3)4)34-35(26)21-10-6-19(29)7-11-21/h6-17,32-33H,5,18H2,1-4H3,(H,30,36). The zero-order chi connectivity index (χ0) is 26.4. The van der Waals surface area contributed by atoms with Gasteiger partial charge in [-0.15, -0.1) is 0 Å². The van der Waals surface area contributed by atoms with Crippen LogP contribution in [0.4, 0.5) is 15.9 Å². The van der Waals surface area contributed by atoms with Crippen LogP contribution in [0.2, 0.25) is 0 Å². The Balaban J connectivity index is 1.39. The van der Waals surface area contributed by atoms with Crippen LogP contribution in [0, 0.1) is 5.82 Å². The number of benzene rings is 2. The molecule has 8 nitrogen and oxygen atoms in total. The fraction of sp³-hybridized carbons (Fsp3) is 0.250. The van der Waals surface area contributed by atoms with E-state index in [1.807, 2.05) is 37.3 Å². The number of ether oxygens (including phenoxy) is 1. The van der Waals surface area contributed by atoms with E-state index in [9.17, 15) is 9.18 Å². The van der Waals surface area contributed by atoms with Gasteiger partial charge in [0.25, 0.3) is 5.91 Å². The summed E-state index contributed by atoms with van der Waals surface area (Å²) in [6.45, 7) is 9.12. The van der Waals surface area contributed by atoms with Gasteiger partial charge in [-0.2, -0.15) is 5.10 Å². The van der Waals surface area contributed by atoms with E-state index in [4.69, 9.17) is 9.84 Å². The van der Waals surface area contributed by atoms with Crippen LogP contribution in [0.25, 0.3) is 5.69 Å². The lowest BCUT2D eigenvalue weighted by atomic mass is 9.92. The summed E-state index contributed by atoms with van der Waals surface area (Å²) in [4.78, 5) is 16.1. The number of anilines is 2. The Hall–Kier alpha value is -4.40. The van der Waals surface area contributed by atoms with Gasteiger partial charge in [0.2, 0.25) is 0 Å². The normalized spacial score (nSPS) is 11.2. The molecule has 0 aliphatic heterocycles. The molecule has 1 amide bonds. The third kappa shape index (κ3) is 6.63. The fourth-order valence-corrected chi connectivity index (χ4v) is 3.52. The van der Waals surface area contributed by atoms with E-state index >= 15 is 0 Å². The highest BCUT2D eigenvalue weighted by atomic mass is 19.1. The van der Waals surface area contributed by atoms with Crippen molar-refractivity contribution in [3.05, 3.63) is 90.1 Å². The van der Waals surface area contributed by atoms with E-state index in [0.717, 1.165) is 22.9 Å². The van der Waals surface area contributed by atoms with E-state index in [0.29, 0.717) is 30.4 Å². The number of amides is 1. The van der Waals surface area contributed by atoms with Crippen molar-refractivity contribution in [3.63, 3.8) is 0 Å². The molecular weight excluding hydrogens is 471 g/mol. The number of halogens is 1. The lowest BCUT2D eigenvalue weighted by molar-refractivity contribution is 0.0950. The number of hydrogen-bond acceptors (Lipinski definition) is 6. The molecule has 0 fully saturated rings. The zero-order valence-electron chi connectivity index (χ0n) is 21.4. The topological polar surface area (TPSA) is 93.1 Å². The molecule has 0 aliphatic rings. The molecule has 0 bridgehead atoms. The molecule has 0 spiro atoms. The van der Waals surface area contributed by atoms with Gasteiger partial charge < -0.3 is 20.7 Å². The van der Waals surface area contributed by atoms with E-state index < -0.39 is 0 Å². The molecule has 0 atom stereocenters. The van der Waals surface area contributed by atoms with Crippen LogP contribution in [-0.4, -0.2) is 33.9 Å². The van der Waals surface area contributed by atoms with Crippen molar-refractivity contribution < 1.29 is 13.9 Å². The van der Waals surface area contributed by atoms with E-state index in [-0.39, 0.29) is 17.1 Å². The number of carbonyl (C=O) groups is 1. The smallest absolute Gasteiger partial charge is 0.270 e. The molecule has 9 heteroatoms. The average Bonchev–Trinajstić information content (AvgIpc) is 3.31. The summed E-state index contributed by atoms with van der Waals surface area (Å²) < 4.78 is 21.1. The highest BCUT2D eigenvalue weighted by Gasteiger charge is 2.20. The summed E-state index contributed by atoms with van der Waals surface area (Å²) in [5.74, 6) is 1.43. The largest absolute Gasteiger partial charge is 0.457 e. The highest BCUT2D eigenvalue weighted by Crippen LogP contribution is 2.27. The number of pyridine rings is 1. The first kappa shape index (κ1) is 25.7. The molecule has 4 rings (SSSR count). The van der Waals surface area contributed by atoms with Gasteiger partial charge in [0.1, 0.15) is 28.8 Å². The first-order valence-corrected chi connectivity index (χ1v) is 12.1. The molecule has 192 valence electrons. The van der Waals surface area contributed by atoms with Crippen molar-refractivity contribution in [2.75, 3.05) is 23.8 Å². The number of aromatic nitrogens is 3. The molecule has 0 radical (unpaired) electrons. The molecule has 0 aliphatic carbocycles. The first-order valence-electron chi connectivity index (χ1n) is 12.1. The summed E-state index contributed by atoms with van der Waals surface area (Å²) in [6.07, 6.45) is 1.54. The van der Waals surface area contributed by atoms with Crippen molar-refractivity contribution in [2.24, 2.45) is 0 Å². The summed E-state index contributed by atoms with van der Waals surface area (Å²) in [6, 6.07) is 19.1. The van der Waals surface area contributed by atoms with Crippen LogP contribution >= 0.6 is 0 Å². The second kappa shape index (κ2) is 11.1. The minimum atomic E-state index is -0.290. The lowest BCUT2D eigenvalue weighted by Gasteiger charge is -2.14. The summed E-state index contributed by atoms with van der Waals surface area (Å²) in [5.41, 5.74) is 2.75. The van der Waals surface area contributed by atoms with Gasteiger partial charge in [0, 0.05) is 36.0 Å². The van der Waals surface area contributed by atoms with Crippen LogP contribution in [0.5, 0.6) is 11.5 Å². The predicted molar refractivity (Wildman–Crippen MR) is 143 cm³/mol. The van der Waals surface area contributed by atoms with Gasteiger partial charge in [-0.3, -0.25) is 9.78 Å². The maximum Gasteiger partial charge on any atom is 0.270 e. The molecule has 37 heavy (non-hydrogen) atoms. The SMILES string of the molecule is CCNC(=O)c1cc(Oc2ccc(NCNc3cc(C(C)(C)C)nn3-c3ccc(F)cc3)cc2)ccn1. The Morgan fingerprint density at radius 2 is 1.70 bits per heavy atom. The zero-order valence-corrected chi connectivity index (χ0v) is 21.4. The average molecular weight is 503 g/mol. The van der Waals surface area contributed by atoms with E-state index in [1.54, 1.807) is 35.1 Å². The molecule has 4 aromatic rings. The number of nitrogens with one attached hydrogen (secondary N) is 3. The Morgan fingerprint density at radius 3 is 2.38 bits per heavy atom. The first-order chi connectivity index (χ1) is 17.7. The third-order valence-electron chi connectivity index (χ3n) is 5.50. The minimum Gasteiger partial charge on any atom is -0.457 e. The molecule has 2 aromatic heterocycles. The van der Waals surface area contributed by atoms with E-state index in [2.05, 4.69) is 41.7 Å². The number of hydrogen-bond donors (Lipinski definition) is 3. The second-order valence-electron chi connectivity index (χ2n) is 9.45. The Morgan fingerprint density at radius 1 is 0.973 bits per heavy atom. The Kier molecular flexibility index (Phi) is 7.71. The summed E-state index contributed by atoms with van der Waals surface area (Å²) in [5, 5.41) is 14.2. The van der Waals surface area contributed by atoms with Gasteiger partial charge in [0.15, 0.2) is 0 Å². The number of rotatable bonds is 9. The molecular formula is C28H31FN6O2. The highest BCUT2D eigenvalue weighted by molar-refractivity contribution is 5.92. The van der Waals surface area contributed by atoms with Crippen molar-refractivity contribution >= 4 is 17.4 Å². The molecule has 2 aromatic carbocycles. The van der Waals surface area contributed by atoms with Gasteiger partial charge in [-0.25, -0.2) is 9.07 Å². The summed E-state index contributed by atoms with van der Waals surface area (Å²) in [7, 11) is 0. The van der Waals surface area contributed by atoms with Crippen molar-refractivity contribution in [1.29, 1.82) is 0 Å².